The highest BCUT2D eigenvalue weighted by molar-refractivity contribution is 6.33. The number of hydrogen-bond donors (Lipinski definition) is 3. The number of ether oxygens (including phenoxy) is 1. The Hall–Kier alpha value is -1.79. The summed E-state index contributed by atoms with van der Waals surface area (Å²) in [5.74, 6) is -1.12. The molecule has 1 aromatic rings. The van der Waals surface area contributed by atoms with Gasteiger partial charge >= 0.3 is 12.0 Å². The third kappa shape index (κ3) is 4.76. The van der Waals surface area contributed by atoms with E-state index < -0.39 is 12.0 Å². The predicted molar refractivity (Wildman–Crippen MR) is 71.9 cm³/mol. The van der Waals surface area contributed by atoms with Gasteiger partial charge in [-0.05, 0) is 25.1 Å². The number of halogens is 1. The lowest BCUT2D eigenvalue weighted by Crippen LogP contribution is -2.34. The normalized spacial score (nSPS) is 11.7. The third-order valence-corrected chi connectivity index (χ3v) is 2.72. The van der Waals surface area contributed by atoms with Gasteiger partial charge in [0.1, 0.15) is 0 Å². The number of anilines is 1. The fourth-order valence-corrected chi connectivity index (χ4v) is 1.52. The lowest BCUT2D eigenvalue weighted by atomic mass is 10.2. The fourth-order valence-electron chi connectivity index (χ4n) is 1.26. The van der Waals surface area contributed by atoms with Gasteiger partial charge in [-0.15, -0.1) is 0 Å². The summed E-state index contributed by atoms with van der Waals surface area (Å²) in [4.78, 5) is 22.3. The van der Waals surface area contributed by atoms with Crippen molar-refractivity contribution < 1.29 is 19.4 Å². The van der Waals surface area contributed by atoms with E-state index in [9.17, 15) is 9.59 Å². The van der Waals surface area contributed by atoms with Crippen molar-refractivity contribution in [2.75, 3.05) is 19.0 Å². The van der Waals surface area contributed by atoms with Gasteiger partial charge in [-0.3, -0.25) is 0 Å². The van der Waals surface area contributed by atoms with Crippen LogP contribution in [0.25, 0.3) is 0 Å². The molecule has 0 saturated carbocycles. The van der Waals surface area contributed by atoms with Crippen molar-refractivity contribution in [2.45, 2.75) is 13.0 Å². The van der Waals surface area contributed by atoms with Crippen LogP contribution in [0.4, 0.5) is 10.5 Å². The Morgan fingerprint density at radius 3 is 2.68 bits per heavy atom. The second kappa shape index (κ2) is 6.96. The molecule has 104 valence electrons. The summed E-state index contributed by atoms with van der Waals surface area (Å²) in [5, 5.41) is 14.0. The van der Waals surface area contributed by atoms with E-state index in [4.69, 9.17) is 21.4 Å². The average Bonchev–Trinajstić information content (AvgIpc) is 2.35. The summed E-state index contributed by atoms with van der Waals surface area (Å²) < 4.78 is 4.98. The van der Waals surface area contributed by atoms with Crippen molar-refractivity contribution in [3.05, 3.63) is 28.8 Å². The highest BCUT2D eigenvalue weighted by Gasteiger charge is 2.10. The van der Waals surface area contributed by atoms with E-state index in [0.29, 0.717) is 12.2 Å². The summed E-state index contributed by atoms with van der Waals surface area (Å²) in [6.45, 7) is 2.18. The van der Waals surface area contributed by atoms with E-state index >= 15 is 0 Å². The molecule has 7 heteroatoms. The molecule has 6 nitrogen and oxygen atoms in total. The van der Waals surface area contributed by atoms with Gasteiger partial charge in [-0.25, -0.2) is 9.59 Å². The molecule has 0 radical (unpaired) electrons. The smallest absolute Gasteiger partial charge is 0.337 e. The predicted octanol–water partition coefficient (Wildman–Crippen LogP) is 2.19. The monoisotopic (exact) mass is 286 g/mol. The molecule has 0 spiro atoms. The van der Waals surface area contributed by atoms with Gasteiger partial charge < -0.3 is 20.5 Å². The molecule has 0 heterocycles. The van der Waals surface area contributed by atoms with Crippen LogP contribution in [-0.4, -0.2) is 36.9 Å². The first kappa shape index (κ1) is 15.3. The zero-order valence-electron chi connectivity index (χ0n) is 10.6. The van der Waals surface area contributed by atoms with E-state index in [0.717, 1.165) is 0 Å². The zero-order chi connectivity index (χ0) is 14.4. The topological polar surface area (TPSA) is 87.7 Å². The summed E-state index contributed by atoms with van der Waals surface area (Å²) in [6.07, 6.45) is -0.0938. The minimum atomic E-state index is -1.12. The van der Waals surface area contributed by atoms with Crippen molar-refractivity contribution in [3.8, 4) is 0 Å². The molecule has 3 N–H and O–H groups in total. The van der Waals surface area contributed by atoms with Crippen LogP contribution in [0.5, 0.6) is 0 Å². The molecular formula is C12H15ClN2O4. The Morgan fingerprint density at radius 1 is 1.47 bits per heavy atom. The Kier molecular flexibility index (Phi) is 5.59. The maximum atomic E-state index is 11.5. The molecule has 1 atom stereocenters. The van der Waals surface area contributed by atoms with Crippen LogP contribution < -0.4 is 10.6 Å². The summed E-state index contributed by atoms with van der Waals surface area (Å²) in [6, 6.07) is 3.76. The number of nitrogens with one attached hydrogen (secondary N) is 2. The average molecular weight is 287 g/mol. The minimum absolute atomic E-state index is 0.0133. The molecule has 0 aromatic heterocycles. The maximum absolute atomic E-state index is 11.5. The molecule has 0 aliphatic heterocycles. The molecule has 0 bridgehead atoms. The van der Waals surface area contributed by atoms with Crippen LogP contribution in [0, 0.1) is 0 Å². The number of carbonyl (C=O) groups is 2. The van der Waals surface area contributed by atoms with Crippen LogP contribution in [0.3, 0.4) is 0 Å². The lowest BCUT2D eigenvalue weighted by Gasteiger charge is -2.12. The SMILES string of the molecule is COC(C)CNC(=O)Nc1ccc(C(=O)O)c(Cl)c1. The molecule has 19 heavy (non-hydrogen) atoms. The third-order valence-electron chi connectivity index (χ3n) is 2.41. The number of carboxylic acids is 1. The zero-order valence-corrected chi connectivity index (χ0v) is 11.3. The summed E-state index contributed by atoms with van der Waals surface area (Å²) in [7, 11) is 1.55. The number of aromatic carboxylic acids is 1. The quantitative estimate of drug-likeness (QED) is 0.774. The number of hydrogen-bond acceptors (Lipinski definition) is 3. The molecule has 1 unspecified atom stereocenters. The molecule has 2 amide bonds. The summed E-state index contributed by atoms with van der Waals surface area (Å²) in [5.41, 5.74) is 0.401. The van der Waals surface area contributed by atoms with Gasteiger partial charge in [0.05, 0.1) is 16.7 Å². The molecular weight excluding hydrogens is 272 g/mol. The standard InChI is InChI=1S/C12H15ClN2O4/c1-7(19-2)6-14-12(18)15-8-3-4-9(11(16)17)10(13)5-8/h3-5,7H,6H2,1-2H3,(H,16,17)(H2,14,15,18). The first-order valence-electron chi connectivity index (χ1n) is 5.54. The lowest BCUT2D eigenvalue weighted by molar-refractivity contribution is 0.0697. The Balaban J connectivity index is 2.60. The van der Waals surface area contributed by atoms with Crippen molar-refractivity contribution in [3.63, 3.8) is 0 Å². The van der Waals surface area contributed by atoms with E-state index in [1.807, 2.05) is 6.92 Å². The Bertz CT molecular complexity index is 479. The number of benzene rings is 1. The first-order chi connectivity index (χ1) is 8.93. The summed E-state index contributed by atoms with van der Waals surface area (Å²) >= 11 is 5.79. The van der Waals surface area contributed by atoms with Gasteiger partial charge in [0.2, 0.25) is 0 Å². The van der Waals surface area contributed by atoms with E-state index in [1.54, 1.807) is 7.11 Å². The van der Waals surface area contributed by atoms with Crippen LogP contribution in [0.2, 0.25) is 5.02 Å². The van der Waals surface area contributed by atoms with Crippen LogP contribution in [0.1, 0.15) is 17.3 Å². The largest absolute Gasteiger partial charge is 0.478 e. The molecule has 1 rings (SSSR count). The van der Waals surface area contributed by atoms with Crippen molar-refractivity contribution in [1.29, 1.82) is 0 Å². The fraction of sp³-hybridized carbons (Fsp3) is 0.333. The molecule has 0 fully saturated rings. The van der Waals surface area contributed by atoms with E-state index in [2.05, 4.69) is 10.6 Å². The minimum Gasteiger partial charge on any atom is -0.478 e. The Morgan fingerprint density at radius 2 is 2.16 bits per heavy atom. The number of amides is 2. The number of urea groups is 1. The van der Waals surface area contributed by atoms with Crippen LogP contribution in [0.15, 0.2) is 18.2 Å². The number of rotatable bonds is 5. The molecule has 0 aliphatic rings. The number of carboxylic acid groups (broad SMARTS) is 1. The molecule has 0 aliphatic carbocycles. The van der Waals surface area contributed by atoms with E-state index in [-0.39, 0.29) is 16.7 Å². The van der Waals surface area contributed by atoms with Gasteiger partial charge in [0, 0.05) is 19.3 Å². The van der Waals surface area contributed by atoms with E-state index in [1.165, 1.54) is 18.2 Å². The van der Waals surface area contributed by atoms with Gasteiger partial charge in [0.15, 0.2) is 0 Å². The van der Waals surface area contributed by atoms with Crippen LogP contribution in [-0.2, 0) is 4.74 Å². The highest BCUT2D eigenvalue weighted by atomic mass is 35.5. The number of methoxy groups -OCH3 is 1. The van der Waals surface area contributed by atoms with Gasteiger partial charge in [-0.1, -0.05) is 11.6 Å². The first-order valence-corrected chi connectivity index (χ1v) is 5.92. The Labute approximate surface area is 115 Å². The highest BCUT2D eigenvalue weighted by Crippen LogP contribution is 2.20. The van der Waals surface area contributed by atoms with Crippen LogP contribution >= 0.6 is 11.6 Å². The van der Waals surface area contributed by atoms with Crippen molar-refractivity contribution >= 4 is 29.3 Å². The number of carbonyl (C=O) groups excluding carboxylic acids is 1. The van der Waals surface area contributed by atoms with Crippen molar-refractivity contribution in [1.82, 2.24) is 5.32 Å². The van der Waals surface area contributed by atoms with Gasteiger partial charge in [0.25, 0.3) is 0 Å². The van der Waals surface area contributed by atoms with Gasteiger partial charge in [-0.2, -0.15) is 0 Å². The second-order valence-corrected chi connectivity index (χ2v) is 4.29. The second-order valence-electron chi connectivity index (χ2n) is 3.88. The molecule has 0 saturated heterocycles. The molecule has 1 aromatic carbocycles. The van der Waals surface area contributed by atoms with Crippen molar-refractivity contribution in [2.24, 2.45) is 0 Å². The maximum Gasteiger partial charge on any atom is 0.337 e.